The summed E-state index contributed by atoms with van der Waals surface area (Å²) < 4.78 is 1.42. The van der Waals surface area contributed by atoms with Gasteiger partial charge >= 0.3 is 0 Å². The third-order valence-corrected chi connectivity index (χ3v) is 2.64. The molecule has 0 fully saturated rings. The molecule has 0 radical (unpaired) electrons. The van der Waals surface area contributed by atoms with E-state index in [4.69, 9.17) is 5.73 Å². The molecular weight excluding hydrogens is 258 g/mol. The lowest BCUT2D eigenvalue weighted by molar-refractivity contribution is -0.116. The van der Waals surface area contributed by atoms with Gasteiger partial charge in [-0.25, -0.2) is 0 Å². The summed E-state index contributed by atoms with van der Waals surface area (Å²) in [6, 6.07) is 8.38. The number of nitrogen functional groups attached to an aromatic ring is 1. The van der Waals surface area contributed by atoms with Gasteiger partial charge in [-0.1, -0.05) is 12.1 Å². The topological polar surface area (TPSA) is 102 Å². The molecular formula is C13H15N5O2. The largest absolute Gasteiger partial charge is 0.382 e. The fourth-order valence-corrected chi connectivity index (χ4v) is 1.73. The third kappa shape index (κ3) is 3.14. The Hall–Kier alpha value is -2.83. The smallest absolute Gasteiger partial charge is 0.253 e. The first-order valence-electron chi connectivity index (χ1n) is 6.00. The van der Waals surface area contributed by atoms with Gasteiger partial charge in [-0.3, -0.25) is 14.3 Å². The molecule has 0 saturated heterocycles. The minimum atomic E-state index is -0.288. The summed E-state index contributed by atoms with van der Waals surface area (Å²) in [5.74, 6) is -0.197. The minimum absolute atomic E-state index is 0.0271. The van der Waals surface area contributed by atoms with Crippen molar-refractivity contribution >= 4 is 23.3 Å². The van der Waals surface area contributed by atoms with Crippen LogP contribution >= 0.6 is 0 Å². The predicted octanol–water partition coefficient (Wildman–Crippen LogP) is 0.464. The molecule has 0 unspecified atom stereocenters. The molecule has 20 heavy (non-hydrogen) atoms. The molecule has 0 aliphatic heterocycles. The van der Waals surface area contributed by atoms with Crippen LogP contribution in [-0.4, -0.2) is 28.6 Å². The Labute approximate surface area is 115 Å². The summed E-state index contributed by atoms with van der Waals surface area (Å²) in [4.78, 5) is 23.6. The summed E-state index contributed by atoms with van der Waals surface area (Å²) in [7, 11) is 1.54. The highest BCUT2D eigenvalue weighted by molar-refractivity contribution is 6.03. The number of benzene rings is 1. The minimum Gasteiger partial charge on any atom is -0.382 e. The number of amides is 2. The van der Waals surface area contributed by atoms with E-state index in [0.717, 1.165) is 0 Å². The Kier molecular flexibility index (Phi) is 3.99. The number of nitrogens with one attached hydrogen (secondary N) is 2. The van der Waals surface area contributed by atoms with Crippen LogP contribution in [0.4, 0.5) is 11.5 Å². The molecule has 1 aromatic carbocycles. The van der Waals surface area contributed by atoms with Crippen LogP contribution in [0.5, 0.6) is 0 Å². The van der Waals surface area contributed by atoms with Crippen molar-refractivity contribution < 1.29 is 9.59 Å². The molecule has 0 aliphatic carbocycles. The zero-order valence-electron chi connectivity index (χ0n) is 11.0. The van der Waals surface area contributed by atoms with Crippen LogP contribution in [0.2, 0.25) is 0 Å². The van der Waals surface area contributed by atoms with Crippen molar-refractivity contribution in [3.8, 4) is 0 Å². The third-order valence-electron chi connectivity index (χ3n) is 2.64. The van der Waals surface area contributed by atoms with E-state index in [-0.39, 0.29) is 18.4 Å². The number of aromatic nitrogens is 2. The number of rotatable bonds is 4. The van der Waals surface area contributed by atoms with Crippen LogP contribution in [0.1, 0.15) is 10.4 Å². The van der Waals surface area contributed by atoms with Gasteiger partial charge in [0.15, 0.2) is 0 Å². The summed E-state index contributed by atoms with van der Waals surface area (Å²) >= 11 is 0. The second kappa shape index (κ2) is 5.87. The fraction of sp³-hybridized carbons (Fsp3) is 0.154. The Bertz CT molecular complexity index is 635. The molecule has 4 N–H and O–H groups in total. The Morgan fingerprint density at radius 2 is 2.05 bits per heavy atom. The number of carbonyl (C=O) groups excluding carboxylic acids is 2. The first kappa shape index (κ1) is 13.6. The average molecular weight is 273 g/mol. The van der Waals surface area contributed by atoms with E-state index < -0.39 is 0 Å². The number of para-hydroxylation sites is 1. The van der Waals surface area contributed by atoms with Gasteiger partial charge in [-0.05, 0) is 18.2 Å². The normalized spacial score (nSPS) is 10.1. The quantitative estimate of drug-likeness (QED) is 0.753. The Morgan fingerprint density at radius 3 is 2.70 bits per heavy atom. The molecule has 2 aromatic rings. The summed E-state index contributed by atoms with van der Waals surface area (Å²) in [5.41, 5.74) is 6.33. The van der Waals surface area contributed by atoms with Gasteiger partial charge in [0.1, 0.15) is 12.4 Å². The monoisotopic (exact) mass is 273 g/mol. The van der Waals surface area contributed by atoms with E-state index in [2.05, 4.69) is 15.7 Å². The number of nitrogens with zero attached hydrogens (tertiary/aromatic N) is 2. The SMILES string of the molecule is CNC(=O)c1ccccc1NC(=O)Cn1ccc(N)n1. The van der Waals surface area contributed by atoms with Crippen molar-refractivity contribution in [1.29, 1.82) is 0 Å². The van der Waals surface area contributed by atoms with Gasteiger partial charge in [0.05, 0.1) is 11.3 Å². The summed E-state index contributed by atoms with van der Waals surface area (Å²) in [6.07, 6.45) is 1.61. The molecule has 2 rings (SSSR count). The number of hydrogen-bond donors (Lipinski definition) is 3. The van der Waals surface area contributed by atoms with Crippen molar-refractivity contribution in [1.82, 2.24) is 15.1 Å². The summed E-state index contributed by atoms with van der Waals surface area (Å²) in [6.45, 7) is 0.0271. The van der Waals surface area contributed by atoms with Crippen LogP contribution in [0.15, 0.2) is 36.5 Å². The maximum Gasteiger partial charge on any atom is 0.253 e. The predicted molar refractivity (Wildman–Crippen MR) is 75.1 cm³/mol. The molecule has 2 amide bonds. The van der Waals surface area contributed by atoms with E-state index in [0.29, 0.717) is 17.1 Å². The average Bonchev–Trinajstić information content (AvgIpc) is 2.83. The molecule has 0 bridgehead atoms. The van der Waals surface area contributed by atoms with Crippen molar-refractivity contribution in [3.63, 3.8) is 0 Å². The standard InChI is InChI=1S/C13H15N5O2/c1-15-13(20)9-4-2-3-5-10(9)16-12(19)8-18-7-6-11(14)17-18/h2-7H,8H2,1H3,(H2,14,17)(H,15,20)(H,16,19). The Balaban J connectivity index is 2.10. The van der Waals surface area contributed by atoms with E-state index in [9.17, 15) is 9.59 Å². The van der Waals surface area contributed by atoms with Crippen molar-refractivity contribution in [2.75, 3.05) is 18.1 Å². The van der Waals surface area contributed by atoms with Gasteiger partial charge in [0.25, 0.3) is 5.91 Å². The van der Waals surface area contributed by atoms with Crippen molar-refractivity contribution in [2.45, 2.75) is 6.54 Å². The van der Waals surface area contributed by atoms with Crippen LogP contribution in [0, 0.1) is 0 Å². The molecule has 0 spiro atoms. The van der Waals surface area contributed by atoms with E-state index in [1.807, 2.05) is 0 Å². The molecule has 7 nitrogen and oxygen atoms in total. The molecule has 0 saturated carbocycles. The van der Waals surface area contributed by atoms with Gasteiger partial charge in [0.2, 0.25) is 5.91 Å². The maximum absolute atomic E-state index is 11.9. The van der Waals surface area contributed by atoms with E-state index in [1.165, 1.54) is 11.7 Å². The van der Waals surface area contributed by atoms with Crippen molar-refractivity contribution in [3.05, 3.63) is 42.1 Å². The zero-order chi connectivity index (χ0) is 14.5. The molecule has 7 heteroatoms. The van der Waals surface area contributed by atoms with Gasteiger partial charge in [-0.2, -0.15) is 5.10 Å². The van der Waals surface area contributed by atoms with Crippen LogP contribution < -0.4 is 16.4 Å². The van der Waals surface area contributed by atoms with Crippen molar-refractivity contribution in [2.24, 2.45) is 0 Å². The highest BCUT2D eigenvalue weighted by Crippen LogP contribution is 2.14. The zero-order valence-corrected chi connectivity index (χ0v) is 11.0. The first-order chi connectivity index (χ1) is 9.60. The summed E-state index contributed by atoms with van der Waals surface area (Å²) in [5, 5.41) is 9.13. The second-order valence-electron chi connectivity index (χ2n) is 4.11. The Morgan fingerprint density at radius 1 is 1.30 bits per heavy atom. The highest BCUT2D eigenvalue weighted by atomic mass is 16.2. The molecule has 0 atom stereocenters. The van der Waals surface area contributed by atoms with Gasteiger partial charge < -0.3 is 16.4 Å². The maximum atomic E-state index is 11.9. The van der Waals surface area contributed by atoms with Crippen LogP contribution in [0.25, 0.3) is 0 Å². The van der Waals surface area contributed by atoms with Gasteiger partial charge in [0, 0.05) is 13.2 Å². The molecule has 1 heterocycles. The number of hydrogen-bond acceptors (Lipinski definition) is 4. The lowest BCUT2D eigenvalue weighted by atomic mass is 10.1. The number of anilines is 2. The lowest BCUT2D eigenvalue weighted by Crippen LogP contribution is -2.23. The van der Waals surface area contributed by atoms with Crippen LogP contribution in [-0.2, 0) is 11.3 Å². The molecule has 0 aliphatic rings. The molecule has 1 aromatic heterocycles. The van der Waals surface area contributed by atoms with E-state index >= 15 is 0 Å². The first-order valence-corrected chi connectivity index (χ1v) is 6.00. The molecule has 104 valence electrons. The fourth-order valence-electron chi connectivity index (χ4n) is 1.73. The second-order valence-corrected chi connectivity index (χ2v) is 4.11. The van der Waals surface area contributed by atoms with Crippen LogP contribution in [0.3, 0.4) is 0 Å². The van der Waals surface area contributed by atoms with E-state index in [1.54, 1.807) is 36.5 Å². The number of nitrogens with two attached hydrogens (primary N) is 1. The number of carbonyl (C=O) groups is 2. The lowest BCUT2D eigenvalue weighted by Gasteiger charge is -2.10. The van der Waals surface area contributed by atoms with Gasteiger partial charge in [-0.15, -0.1) is 0 Å². The highest BCUT2D eigenvalue weighted by Gasteiger charge is 2.12.